The molecule has 0 radical (unpaired) electrons. The Bertz CT molecular complexity index is 322. The molecule has 1 atom stereocenters. The van der Waals surface area contributed by atoms with Crippen molar-refractivity contribution in [2.45, 2.75) is 40.7 Å². The van der Waals surface area contributed by atoms with Crippen LogP contribution in [0.4, 0.5) is 0 Å². The Hall–Kier alpha value is -0.640. The van der Waals surface area contributed by atoms with Crippen LogP contribution in [0.3, 0.4) is 0 Å². The lowest BCUT2D eigenvalue weighted by Crippen LogP contribution is -2.13. The fourth-order valence-electron chi connectivity index (χ4n) is 1.20. The van der Waals surface area contributed by atoms with E-state index in [2.05, 4.69) is 0 Å². The van der Waals surface area contributed by atoms with Gasteiger partial charge in [-0.3, -0.25) is 4.57 Å². The second-order valence-electron chi connectivity index (χ2n) is 3.46. The molecule has 6 heteroatoms. The molecule has 100 valence electrons. The molecule has 0 fully saturated rings. The van der Waals surface area contributed by atoms with Gasteiger partial charge in [0.05, 0.1) is 19.3 Å². The van der Waals surface area contributed by atoms with Crippen LogP contribution in [-0.4, -0.2) is 25.3 Å². The Morgan fingerprint density at radius 2 is 1.88 bits per heavy atom. The molecule has 0 spiro atoms. The van der Waals surface area contributed by atoms with Gasteiger partial charge < -0.3 is 13.8 Å². The first-order valence-electron chi connectivity index (χ1n) is 5.68. The fourth-order valence-corrected chi connectivity index (χ4v) is 3.01. The van der Waals surface area contributed by atoms with Crippen molar-refractivity contribution in [2.75, 3.05) is 13.2 Å². The summed E-state index contributed by atoms with van der Waals surface area (Å²) in [5.41, 5.74) is 0. The number of carbonyl (C=O) groups excluding carboxylic acids is 1. The van der Waals surface area contributed by atoms with Crippen LogP contribution in [0.2, 0.25) is 0 Å². The van der Waals surface area contributed by atoms with Crippen molar-refractivity contribution in [1.82, 2.24) is 0 Å². The summed E-state index contributed by atoms with van der Waals surface area (Å²) in [6, 6.07) is 0. The molecule has 0 bridgehead atoms. The second-order valence-corrected chi connectivity index (χ2v) is 5.41. The summed E-state index contributed by atoms with van der Waals surface area (Å²) >= 11 is 0. The molecule has 0 aliphatic heterocycles. The van der Waals surface area contributed by atoms with E-state index >= 15 is 0 Å². The molecule has 0 N–H and O–H groups in total. The quantitative estimate of drug-likeness (QED) is 0.401. The molecule has 0 aromatic heterocycles. The van der Waals surface area contributed by atoms with E-state index in [1.807, 2.05) is 0 Å². The minimum atomic E-state index is -3.58. The zero-order valence-corrected chi connectivity index (χ0v) is 12.0. The molecule has 1 unspecified atom stereocenters. The van der Waals surface area contributed by atoms with Crippen molar-refractivity contribution in [3.05, 3.63) is 11.4 Å². The summed E-state index contributed by atoms with van der Waals surface area (Å²) in [6.45, 7) is 8.83. The zero-order valence-electron chi connectivity index (χ0n) is 11.1. The van der Waals surface area contributed by atoms with Gasteiger partial charge in [-0.05, 0) is 34.6 Å². The second kappa shape index (κ2) is 7.64. The lowest BCUT2D eigenvalue weighted by molar-refractivity contribution is -0.137. The highest BCUT2D eigenvalue weighted by Crippen LogP contribution is 2.57. The van der Waals surface area contributed by atoms with Crippen molar-refractivity contribution in [2.24, 2.45) is 0 Å². The van der Waals surface area contributed by atoms with Gasteiger partial charge in [0.25, 0.3) is 0 Å². The van der Waals surface area contributed by atoms with Crippen LogP contribution >= 0.6 is 7.60 Å². The first-order chi connectivity index (χ1) is 7.91. The molecule has 0 aromatic rings. The minimum Gasteiger partial charge on any atom is -0.462 e. The molecule has 0 aliphatic carbocycles. The third-order valence-corrected chi connectivity index (χ3v) is 4.03. The smallest absolute Gasteiger partial charge is 0.368 e. The SMILES string of the molecule is CC=C(C(=O)OCC)P(=O)(OCC)OC(C)C. The Morgan fingerprint density at radius 3 is 2.24 bits per heavy atom. The van der Waals surface area contributed by atoms with Crippen LogP contribution < -0.4 is 0 Å². The number of rotatable bonds is 7. The number of carbonyl (C=O) groups is 1. The summed E-state index contributed by atoms with van der Waals surface area (Å²) in [5, 5.41) is -0.0464. The number of ether oxygens (including phenoxy) is 1. The predicted molar refractivity (Wildman–Crippen MR) is 65.8 cm³/mol. The average molecular weight is 264 g/mol. The van der Waals surface area contributed by atoms with Gasteiger partial charge in [-0.25, -0.2) is 4.79 Å². The van der Waals surface area contributed by atoms with Gasteiger partial charge in [-0.2, -0.15) is 0 Å². The molecule has 0 saturated heterocycles. The lowest BCUT2D eigenvalue weighted by atomic mass is 10.5. The van der Waals surface area contributed by atoms with Crippen LogP contribution in [0.15, 0.2) is 11.4 Å². The van der Waals surface area contributed by atoms with Crippen molar-refractivity contribution < 1.29 is 23.1 Å². The monoisotopic (exact) mass is 264 g/mol. The molecular formula is C11H21O5P. The third kappa shape index (κ3) is 5.02. The molecule has 0 heterocycles. The molecule has 0 rings (SSSR count). The van der Waals surface area contributed by atoms with E-state index in [-0.39, 0.29) is 24.6 Å². The van der Waals surface area contributed by atoms with Crippen molar-refractivity contribution in [3.8, 4) is 0 Å². The normalized spacial score (nSPS) is 15.8. The summed E-state index contributed by atoms with van der Waals surface area (Å²) in [4.78, 5) is 11.7. The summed E-state index contributed by atoms with van der Waals surface area (Å²) < 4.78 is 27.7. The summed E-state index contributed by atoms with van der Waals surface area (Å²) in [6.07, 6.45) is 1.10. The minimum absolute atomic E-state index is 0.0464. The van der Waals surface area contributed by atoms with Gasteiger partial charge >= 0.3 is 13.6 Å². The highest BCUT2D eigenvalue weighted by Gasteiger charge is 2.36. The Labute approximate surface area is 103 Å². The fraction of sp³-hybridized carbons (Fsp3) is 0.727. The first kappa shape index (κ1) is 16.4. The molecule has 5 nitrogen and oxygen atoms in total. The topological polar surface area (TPSA) is 61.8 Å². The van der Waals surface area contributed by atoms with Crippen molar-refractivity contribution >= 4 is 13.6 Å². The Balaban J connectivity index is 5.13. The van der Waals surface area contributed by atoms with Crippen LogP contribution in [0, 0.1) is 0 Å². The van der Waals surface area contributed by atoms with E-state index in [0.29, 0.717) is 0 Å². The molecule has 0 saturated carbocycles. The molecule has 0 aromatic carbocycles. The van der Waals surface area contributed by atoms with Crippen molar-refractivity contribution in [1.29, 1.82) is 0 Å². The van der Waals surface area contributed by atoms with E-state index < -0.39 is 13.6 Å². The highest BCUT2D eigenvalue weighted by atomic mass is 31.2. The summed E-state index contributed by atoms with van der Waals surface area (Å²) in [7, 11) is -3.58. The number of hydrogen-bond donors (Lipinski definition) is 0. The Kier molecular flexibility index (Phi) is 7.35. The van der Waals surface area contributed by atoms with Crippen LogP contribution in [0.5, 0.6) is 0 Å². The van der Waals surface area contributed by atoms with E-state index in [1.54, 1.807) is 34.6 Å². The molecule has 17 heavy (non-hydrogen) atoms. The van der Waals surface area contributed by atoms with Gasteiger partial charge in [0, 0.05) is 0 Å². The van der Waals surface area contributed by atoms with Gasteiger partial charge in [-0.15, -0.1) is 0 Å². The standard InChI is InChI=1S/C11H21O5P/c1-6-10(11(12)14-7-2)17(13,15-8-3)16-9(4)5/h6,9H,7-8H2,1-5H3. The Morgan fingerprint density at radius 1 is 1.29 bits per heavy atom. The summed E-state index contributed by atoms with van der Waals surface area (Å²) in [5.74, 6) is -0.660. The first-order valence-corrected chi connectivity index (χ1v) is 7.22. The van der Waals surface area contributed by atoms with E-state index in [0.717, 1.165) is 0 Å². The van der Waals surface area contributed by atoms with Gasteiger partial charge in [0.1, 0.15) is 5.31 Å². The van der Waals surface area contributed by atoms with Crippen LogP contribution in [0.1, 0.15) is 34.6 Å². The van der Waals surface area contributed by atoms with E-state index in [1.165, 1.54) is 6.08 Å². The van der Waals surface area contributed by atoms with Gasteiger partial charge in [0.2, 0.25) is 0 Å². The van der Waals surface area contributed by atoms with Crippen molar-refractivity contribution in [3.63, 3.8) is 0 Å². The third-order valence-electron chi connectivity index (χ3n) is 1.70. The molecule has 0 aliphatic rings. The highest BCUT2D eigenvalue weighted by molar-refractivity contribution is 7.59. The maximum atomic E-state index is 12.5. The number of hydrogen-bond acceptors (Lipinski definition) is 5. The predicted octanol–water partition coefficient (Wildman–Crippen LogP) is 3.11. The van der Waals surface area contributed by atoms with E-state index in [4.69, 9.17) is 13.8 Å². The number of esters is 1. The largest absolute Gasteiger partial charge is 0.462 e. The maximum absolute atomic E-state index is 12.5. The van der Waals surface area contributed by atoms with E-state index in [9.17, 15) is 9.36 Å². The zero-order chi connectivity index (χ0) is 13.5. The van der Waals surface area contributed by atoms with Gasteiger partial charge in [-0.1, -0.05) is 6.08 Å². The van der Waals surface area contributed by atoms with Crippen LogP contribution in [0.25, 0.3) is 0 Å². The van der Waals surface area contributed by atoms with Crippen LogP contribution in [-0.2, 0) is 23.1 Å². The number of allylic oxidation sites excluding steroid dienone is 1. The van der Waals surface area contributed by atoms with Gasteiger partial charge in [0.15, 0.2) is 0 Å². The average Bonchev–Trinajstić information content (AvgIpc) is 2.17. The molecular weight excluding hydrogens is 243 g/mol. The molecule has 0 amide bonds. The maximum Gasteiger partial charge on any atom is 0.368 e. The lowest BCUT2D eigenvalue weighted by Gasteiger charge is -2.21.